The molecule has 0 bridgehead atoms. The number of ether oxygens (including phenoxy) is 4. The molecule has 154 valence electrons. The first-order valence-corrected chi connectivity index (χ1v) is 8.22. The van der Waals surface area contributed by atoms with E-state index < -0.39 is 25.0 Å². The van der Waals surface area contributed by atoms with Gasteiger partial charge in [0.25, 0.3) is 0 Å². The average molecular weight is 408 g/mol. The second-order valence-electron chi connectivity index (χ2n) is 5.50. The van der Waals surface area contributed by atoms with Crippen LogP contribution in [-0.2, 0) is 4.79 Å². The van der Waals surface area contributed by atoms with Crippen LogP contribution in [0, 0.1) is 0 Å². The smallest absolute Gasteiger partial charge is 0.387 e. The molecule has 9 heteroatoms. The number of hydrogen-bond donors (Lipinski definition) is 1. The lowest BCUT2D eigenvalue weighted by atomic mass is 10.1. The van der Waals surface area contributed by atoms with Gasteiger partial charge in [-0.15, -0.1) is 0 Å². The third kappa shape index (κ3) is 5.93. The summed E-state index contributed by atoms with van der Waals surface area (Å²) in [7, 11) is 2.66. The van der Waals surface area contributed by atoms with Gasteiger partial charge < -0.3 is 24.1 Å². The van der Waals surface area contributed by atoms with Gasteiger partial charge >= 0.3 is 12.6 Å². The van der Waals surface area contributed by atoms with Crippen molar-refractivity contribution in [2.45, 2.75) is 6.61 Å². The average Bonchev–Trinajstić information content (AvgIpc) is 2.70. The van der Waals surface area contributed by atoms with E-state index in [1.165, 1.54) is 56.7 Å². The molecule has 29 heavy (non-hydrogen) atoms. The standard InChI is InChI=1S/C20H18F2O7/c1-26-16-5-3-4-12(19(16)29-20(21)22)6-8-14(23)13-7-9-15(17(10-13)27-2)28-11-18(24)25/h3-10,20H,11H2,1-2H3,(H,24,25)/b8-6+. The van der Waals surface area contributed by atoms with E-state index in [0.29, 0.717) is 0 Å². The van der Waals surface area contributed by atoms with Gasteiger partial charge in [0.2, 0.25) is 0 Å². The molecule has 0 atom stereocenters. The quantitative estimate of drug-likeness (QED) is 0.474. The lowest BCUT2D eigenvalue weighted by Crippen LogP contribution is -2.10. The summed E-state index contributed by atoms with van der Waals surface area (Å²) in [6, 6.07) is 8.73. The van der Waals surface area contributed by atoms with Crippen molar-refractivity contribution in [1.29, 1.82) is 0 Å². The third-order valence-electron chi connectivity index (χ3n) is 3.65. The number of para-hydroxylation sites is 1. The summed E-state index contributed by atoms with van der Waals surface area (Å²) in [5.74, 6) is -1.36. The molecule has 1 N–H and O–H groups in total. The Hall–Kier alpha value is -3.62. The van der Waals surface area contributed by atoms with Gasteiger partial charge in [-0.25, -0.2) is 4.79 Å². The van der Waals surface area contributed by atoms with Crippen LogP contribution in [0.25, 0.3) is 6.08 Å². The van der Waals surface area contributed by atoms with E-state index in [-0.39, 0.29) is 34.1 Å². The Morgan fingerprint density at radius 3 is 2.41 bits per heavy atom. The van der Waals surface area contributed by atoms with Gasteiger partial charge in [-0.3, -0.25) is 4.79 Å². The SMILES string of the molecule is COc1cc(C(=O)/C=C/c2cccc(OC)c2OC(F)F)ccc1OCC(=O)O. The number of alkyl halides is 2. The number of carboxylic acids is 1. The second-order valence-corrected chi connectivity index (χ2v) is 5.50. The van der Waals surface area contributed by atoms with Crippen molar-refractivity contribution < 1.29 is 42.4 Å². The van der Waals surface area contributed by atoms with Crippen LogP contribution < -0.4 is 18.9 Å². The molecule has 0 heterocycles. The molecule has 0 aliphatic rings. The predicted octanol–water partition coefficient (Wildman–Crippen LogP) is 3.66. The zero-order valence-electron chi connectivity index (χ0n) is 15.6. The minimum atomic E-state index is -3.06. The number of hydrogen-bond acceptors (Lipinski definition) is 6. The molecule has 0 unspecified atom stereocenters. The van der Waals surface area contributed by atoms with Crippen molar-refractivity contribution in [1.82, 2.24) is 0 Å². The summed E-state index contributed by atoms with van der Waals surface area (Å²) in [6.07, 6.45) is 2.50. The number of allylic oxidation sites excluding steroid dienone is 1. The minimum absolute atomic E-state index is 0.0986. The van der Waals surface area contributed by atoms with Crippen LogP contribution in [0.1, 0.15) is 15.9 Å². The van der Waals surface area contributed by atoms with Crippen LogP contribution in [-0.4, -0.2) is 44.3 Å². The minimum Gasteiger partial charge on any atom is -0.493 e. The zero-order valence-corrected chi connectivity index (χ0v) is 15.6. The van der Waals surface area contributed by atoms with Crippen LogP contribution in [0.2, 0.25) is 0 Å². The number of aliphatic carboxylic acids is 1. The first-order valence-electron chi connectivity index (χ1n) is 8.22. The molecule has 2 aromatic carbocycles. The molecule has 0 spiro atoms. The van der Waals surface area contributed by atoms with Gasteiger partial charge in [0.15, 0.2) is 35.4 Å². The predicted molar refractivity (Wildman–Crippen MR) is 99.1 cm³/mol. The number of carbonyl (C=O) groups is 2. The summed E-state index contributed by atoms with van der Waals surface area (Å²) < 4.78 is 45.1. The van der Waals surface area contributed by atoms with Crippen LogP contribution >= 0.6 is 0 Å². The summed E-state index contributed by atoms with van der Waals surface area (Å²) in [5, 5.41) is 8.68. The maximum Gasteiger partial charge on any atom is 0.387 e. The van der Waals surface area contributed by atoms with Crippen LogP contribution in [0.5, 0.6) is 23.0 Å². The van der Waals surface area contributed by atoms with E-state index in [2.05, 4.69) is 4.74 Å². The molecule has 2 aromatic rings. The van der Waals surface area contributed by atoms with Crippen molar-refractivity contribution in [3.8, 4) is 23.0 Å². The monoisotopic (exact) mass is 408 g/mol. The third-order valence-corrected chi connectivity index (χ3v) is 3.65. The molecule has 0 saturated heterocycles. The molecule has 0 aromatic heterocycles. The van der Waals surface area contributed by atoms with E-state index in [0.717, 1.165) is 0 Å². The Bertz CT molecular complexity index is 910. The van der Waals surface area contributed by atoms with E-state index in [4.69, 9.17) is 19.3 Å². The largest absolute Gasteiger partial charge is 0.493 e. The van der Waals surface area contributed by atoms with Gasteiger partial charge in [-0.05, 0) is 36.4 Å². The summed E-state index contributed by atoms with van der Waals surface area (Å²) in [5.41, 5.74) is 0.450. The van der Waals surface area contributed by atoms with Crippen molar-refractivity contribution in [2.24, 2.45) is 0 Å². The molecule has 0 aliphatic heterocycles. The number of ketones is 1. The fourth-order valence-corrected chi connectivity index (χ4v) is 2.38. The van der Waals surface area contributed by atoms with Crippen LogP contribution in [0.4, 0.5) is 8.78 Å². The van der Waals surface area contributed by atoms with Gasteiger partial charge in [0.1, 0.15) is 0 Å². The fourth-order valence-electron chi connectivity index (χ4n) is 2.38. The lowest BCUT2D eigenvalue weighted by molar-refractivity contribution is -0.139. The molecule has 0 saturated carbocycles. The number of halogens is 2. The number of benzene rings is 2. The van der Waals surface area contributed by atoms with Crippen LogP contribution in [0.3, 0.4) is 0 Å². The first-order chi connectivity index (χ1) is 13.8. The van der Waals surface area contributed by atoms with Gasteiger partial charge in [0, 0.05) is 11.1 Å². The van der Waals surface area contributed by atoms with E-state index in [1.54, 1.807) is 6.07 Å². The van der Waals surface area contributed by atoms with Crippen molar-refractivity contribution in [2.75, 3.05) is 20.8 Å². The van der Waals surface area contributed by atoms with E-state index in [9.17, 15) is 18.4 Å². The normalized spacial score (nSPS) is 10.8. The van der Waals surface area contributed by atoms with E-state index in [1.807, 2.05) is 0 Å². The fraction of sp³-hybridized carbons (Fsp3) is 0.200. The molecule has 0 fully saturated rings. The molecular weight excluding hydrogens is 390 g/mol. The van der Waals surface area contributed by atoms with Crippen molar-refractivity contribution in [3.63, 3.8) is 0 Å². The second kappa shape index (κ2) is 10.1. The summed E-state index contributed by atoms with van der Waals surface area (Å²) in [6.45, 7) is -3.62. The van der Waals surface area contributed by atoms with Gasteiger partial charge in [-0.1, -0.05) is 12.1 Å². The highest BCUT2D eigenvalue weighted by atomic mass is 19.3. The zero-order chi connectivity index (χ0) is 21.4. The maximum absolute atomic E-state index is 12.7. The Balaban J connectivity index is 2.26. The molecule has 0 amide bonds. The number of rotatable bonds is 10. The molecule has 7 nitrogen and oxygen atoms in total. The Labute approximate surface area is 165 Å². The van der Waals surface area contributed by atoms with Crippen molar-refractivity contribution >= 4 is 17.8 Å². The highest BCUT2D eigenvalue weighted by molar-refractivity contribution is 6.07. The van der Waals surface area contributed by atoms with Crippen molar-refractivity contribution in [3.05, 3.63) is 53.6 Å². The first kappa shape index (κ1) is 21.7. The molecular formula is C20H18F2O7. The number of carboxylic acid groups (broad SMARTS) is 1. The van der Waals surface area contributed by atoms with Gasteiger partial charge in [-0.2, -0.15) is 8.78 Å². The topological polar surface area (TPSA) is 91.3 Å². The maximum atomic E-state index is 12.7. The van der Waals surface area contributed by atoms with Crippen LogP contribution in [0.15, 0.2) is 42.5 Å². The molecule has 0 radical (unpaired) electrons. The van der Waals surface area contributed by atoms with Gasteiger partial charge in [0.05, 0.1) is 14.2 Å². The Morgan fingerprint density at radius 2 is 1.79 bits per heavy atom. The molecule has 0 aliphatic carbocycles. The number of carbonyl (C=O) groups excluding carboxylic acids is 1. The van der Waals surface area contributed by atoms with E-state index >= 15 is 0 Å². The summed E-state index contributed by atoms with van der Waals surface area (Å²) in [4.78, 5) is 23.1. The lowest BCUT2D eigenvalue weighted by Gasteiger charge is -2.12. The highest BCUT2D eigenvalue weighted by Crippen LogP contribution is 2.33. The summed E-state index contributed by atoms with van der Waals surface area (Å²) >= 11 is 0. The Kier molecular flexibility index (Phi) is 7.53. The highest BCUT2D eigenvalue weighted by Gasteiger charge is 2.15. The number of methoxy groups -OCH3 is 2. The molecule has 2 rings (SSSR count). The Morgan fingerprint density at radius 1 is 1.07 bits per heavy atom.